The minimum Gasteiger partial charge on any atom is -0.309 e. The van der Waals surface area contributed by atoms with E-state index in [9.17, 15) is 0 Å². The molecule has 0 aliphatic heterocycles. The van der Waals surface area contributed by atoms with Gasteiger partial charge in [-0.1, -0.05) is 146 Å². The Bertz CT molecular complexity index is 2480. The van der Waals surface area contributed by atoms with Crippen LogP contribution in [0.2, 0.25) is 0 Å². The van der Waals surface area contributed by atoms with Gasteiger partial charge in [0.05, 0.1) is 11.0 Å². The summed E-state index contributed by atoms with van der Waals surface area (Å²) in [6.07, 6.45) is 0. The zero-order chi connectivity index (χ0) is 28.3. The van der Waals surface area contributed by atoms with Gasteiger partial charge < -0.3 is 4.57 Å². The van der Waals surface area contributed by atoms with E-state index in [1.165, 1.54) is 82.1 Å². The Balaban J connectivity index is 1.35. The average Bonchev–Trinajstić information content (AvgIpc) is 3.44. The van der Waals surface area contributed by atoms with Crippen molar-refractivity contribution in [3.63, 3.8) is 0 Å². The van der Waals surface area contributed by atoms with Crippen LogP contribution in [0.1, 0.15) is 0 Å². The van der Waals surface area contributed by atoms with Crippen molar-refractivity contribution in [1.82, 2.24) is 4.57 Å². The van der Waals surface area contributed by atoms with Crippen molar-refractivity contribution in [2.45, 2.75) is 0 Å². The fraction of sp³-hybridized carbons (Fsp3) is 0. The Labute approximate surface area is 249 Å². The molecular weight excluding hydrogens is 518 g/mol. The van der Waals surface area contributed by atoms with Crippen LogP contribution in [0.3, 0.4) is 0 Å². The summed E-state index contributed by atoms with van der Waals surface area (Å²) in [5.41, 5.74) is 8.54. The van der Waals surface area contributed by atoms with E-state index in [0.717, 1.165) is 0 Å². The van der Waals surface area contributed by atoms with Crippen LogP contribution in [0.15, 0.2) is 164 Å². The van der Waals surface area contributed by atoms with E-state index in [4.69, 9.17) is 0 Å². The maximum atomic E-state index is 2.48. The first-order chi connectivity index (χ1) is 21.3. The van der Waals surface area contributed by atoms with Gasteiger partial charge in [0.25, 0.3) is 0 Å². The fourth-order valence-electron chi connectivity index (χ4n) is 7.02. The SMILES string of the molecule is c1ccc(-c2ccc(-c3cccc(-n4c5ccccc5c5c6c7ccccc7ccc6c6ccccc6c54)c3)cc2)cc1. The monoisotopic (exact) mass is 545 g/mol. The zero-order valence-corrected chi connectivity index (χ0v) is 23.5. The molecule has 1 heteroatoms. The summed E-state index contributed by atoms with van der Waals surface area (Å²) in [5, 5.41) is 10.4. The van der Waals surface area contributed by atoms with E-state index < -0.39 is 0 Å². The van der Waals surface area contributed by atoms with E-state index in [1.54, 1.807) is 0 Å². The van der Waals surface area contributed by atoms with Crippen molar-refractivity contribution in [2.24, 2.45) is 0 Å². The molecule has 0 fully saturated rings. The standard InChI is InChI=1S/C42H27N/c1-2-11-28(12-3-1)29-21-23-30(24-22-29)32-14-10-15-33(27-32)43-39-20-9-8-19-38(39)41-40-34-16-5-4-13-31(34)25-26-36(40)35-17-6-7-18-37(35)42(41)43/h1-27H. The molecule has 8 aromatic carbocycles. The number of benzene rings is 8. The van der Waals surface area contributed by atoms with Crippen LogP contribution in [0.5, 0.6) is 0 Å². The molecule has 0 radical (unpaired) electrons. The Morgan fingerprint density at radius 3 is 1.74 bits per heavy atom. The minimum absolute atomic E-state index is 1.17. The number of nitrogens with zero attached hydrogens (tertiary/aromatic N) is 1. The highest BCUT2D eigenvalue weighted by Crippen LogP contribution is 2.44. The summed E-state index contributed by atoms with van der Waals surface area (Å²) in [7, 11) is 0. The maximum Gasteiger partial charge on any atom is 0.0626 e. The van der Waals surface area contributed by atoms with Crippen LogP contribution in [0, 0.1) is 0 Å². The van der Waals surface area contributed by atoms with Gasteiger partial charge in [-0.05, 0) is 62.0 Å². The molecule has 0 amide bonds. The van der Waals surface area contributed by atoms with Gasteiger partial charge in [-0.15, -0.1) is 0 Å². The zero-order valence-electron chi connectivity index (χ0n) is 23.5. The van der Waals surface area contributed by atoms with Gasteiger partial charge in [0.1, 0.15) is 0 Å². The molecule has 0 aliphatic rings. The molecule has 9 rings (SSSR count). The topological polar surface area (TPSA) is 4.93 Å². The summed E-state index contributed by atoms with van der Waals surface area (Å²) in [6.45, 7) is 0. The van der Waals surface area contributed by atoms with Crippen LogP contribution in [0.25, 0.3) is 82.1 Å². The summed E-state index contributed by atoms with van der Waals surface area (Å²) in [5.74, 6) is 0. The van der Waals surface area contributed by atoms with E-state index in [2.05, 4.69) is 168 Å². The number of rotatable bonds is 3. The highest BCUT2D eigenvalue weighted by Gasteiger charge is 2.20. The second-order valence-electron chi connectivity index (χ2n) is 11.3. The first-order valence-corrected chi connectivity index (χ1v) is 14.9. The van der Waals surface area contributed by atoms with Crippen molar-refractivity contribution >= 4 is 54.1 Å². The lowest BCUT2D eigenvalue weighted by Gasteiger charge is -2.14. The largest absolute Gasteiger partial charge is 0.309 e. The Morgan fingerprint density at radius 1 is 0.326 bits per heavy atom. The summed E-state index contributed by atoms with van der Waals surface area (Å²) < 4.78 is 2.48. The van der Waals surface area contributed by atoms with Gasteiger partial charge in [-0.3, -0.25) is 0 Å². The molecule has 9 aromatic rings. The summed E-state index contributed by atoms with van der Waals surface area (Å²) in [6, 6.07) is 59.6. The summed E-state index contributed by atoms with van der Waals surface area (Å²) in [4.78, 5) is 0. The van der Waals surface area contributed by atoms with Crippen LogP contribution < -0.4 is 0 Å². The van der Waals surface area contributed by atoms with Crippen LogP contribution >= 0.6 is 0 Å². The van der Waals surface area contributed by atoms with Crippen molar-refractivity contribution in [3.8, 4) is 27.9 Å². The number of para-hydroxylation sites is 1. The molecule has 0 spiro atoms. The van der Waals surface area contributed by atoms with Gasteiger partial charge >= 0.3 is 0 Å². The lowest BCUT2D eigenvalue weighted by molar-refractivity contribution is 1.19. The Hall–Kier alpha value is -5.66. The minimum atomic E-state index is 1.17. The molecule has 200 valence electrons. The van der Waals surface area contributed by atoms with Gasteiger partial charge in [0.15, 0.2) is 0 Å². The van der Waals surface area contributed by atoms with Crippen LogP contribution in [-0.2, 0) is 0 Å². The maximum absolute atomic E-state index is 2.48. The third-order valence-electron chi connectivity index (χ3n) is 8.96. The molecule has 0 atom stereocenters. The first kappa shape index (κ1) is 24.0. The second kappa shape index (κ2) is 9.44. The molecule has 1 heterocycles. The smallest absolute Gasteiger partial charge is 0.0626 e. The third kappa shape index (κ3) is 3.65. The average molecular weight is 546 g/mol. The van der Waals surface area contributed by atoms with Crippen molar-refractivity contribution in [1.29, 1.82) is 0 Å². The molecule has 1 nitrogen and oxygen atoms in total. The molecule has 0 bridgehead atoms. The fourth-order valence-corrected chi connectivity index (χ4v) is 7.02. The third-order valence-corrected chi connectivity index (χ3v) is 8.96. The summed E-state index contributed by atoms with van der Waals surface area (Å²) >= 11 is 0. The quantitative estimate of drug-likeness (QED) is 0.195. The van der Waals surface area contributed by atoms with Gasteiger partial charge in [-0.2, -0.15) is 0 Å². The molecule has 0 saturated heterocycles. The predicted octanol–water partition coefficient (Wildman–Crippen LogP) is 11.6. The molecule has 0 N–H and O–H groups in total. The van der Waals surface area contributed by atoms with E-state index in [0.29, 0.717) is 0 Å². The molecule has 0 saturated carbocycles. The highest BCUT2D eigenvalue weighted by molar-refractivity contribution is 6.36. The lowest BCUT2D eigenvalue weighted by Crippen LogP contribution is -1.95. The van der Waals surface area contributed by atoms with Crippen molar-refractivity contribution in [3.05, 3.63) is 164 Å². The van der Waals surface area contributed by atoms with Crippen molar-refractivity contribution < 1.29 is 0 Å². The lowest BCUT2D eigenvalue weighted by atomic mass is 9.93. The number of hydrogen-bond donors (Lipinski definition) is 0. The van der Waals surface area contributed by atoms with Gasteiger partial charge in [0, 0.05) is 27.2 Å². The molecule has 43 heavy (non-hydrogen) atoms. The number of fused-ring (bicyclic) bond motifs is 10. The normalized spacial score (nSPS) is 11.7. The molecule has 0 aliphatic carbocycles. The second-order valence-corrected chi connectivity index (χ2v) is 11.3. The molecular formula is C42H27N. The Kier molecular flexibility index (Phi) is 5.27. The predicted molar refractivity (Wildman–Crippen MR) is 184 cm³/mol. The highest BCUT2D eigenvalue weighted by atomic mass is 15.0. The Morgan fingerprint density at radius 2 is 0.930 bits per heavy atom. The number of hydrogen-bond acceptors (Lipinski definition) is 0. The van der Waals surface area contributed by atoms with Crippen LogP contribution in [-0.4, -0.2) is 4.57 Å². The van der Waals surface area contributed by atoms with E-state index >= 15 is 0 Å². The van der Waals surface area contributed by atoms with Crippen LogP contribution in [0.4, 0.5) is 0 Å². The van der Waals surface area contributed by atoms with E-state index in [-0.39, 0.29) is 0 Å². The number of aromatic nitrogens is 1. The van der Waals surface area contributed by atoms with E-state index in [1.807, 2.05) is 0 Å². The van der Waals surface area contributed by atoms with Gasteiger partial charge in [-0.25, -0.2) is 0 Å². The van der Waals surface area contributed by atoms with Crippen molar-refractivity contribution in [2.75, 3.05) is 0 Å². The van der Waals surface area contributed by atoms with Gasteiger partial charge in [0.2, 0.25) is 0 Å². The molecule has 1 aromatic heterocycles. The molecule has 0 unspecified atom stereocenters. The first-order valence-electron chi connectivity index (χ1n) is 14.9.